The topological polar surface area (TPSA) is 223 Å². The van der Waals surface area contributed by atoms with E-state index in [-0.39, 0.29) is 76.7 Å². The summed E-state index contributed by atoms with van der Waals surface area (Å²) in [7, 11) is 0. The minimum Gasteiger partial charge on any atom is -0.446 e. The predicted octanol–water partition coefficient (Wildman–Crippen LogP) is 7.54. The Morgan fingerprint density at radius 1 is 0.841 bits per heavy atom. The molecule has 4 heterocycles. The monoisotopic (exact) mass is 982 g/mol. The molecule has 1 aliphatic heterocycles. The largest absolute Gasteiger partial charge is 0.446 e. The Kier molecular flexibility index (Phi) is 17.5. The number of nitrogens with one attached hydrogen (secondary N) is 4. The first-order valence-corrected chi connectivity index (χ1v) is 25.2. The Labute approximate surface area is 410 Å². The molecule has 5 amide bonds. The van der Waals surface area contributed by atoms with Crippen molar-refractivity contribution in [3.8, 4) is 21.6 Å². The molecule has 3 atom stereocenters. The molecule has 1 aliphatic carbocycles. The molecule has 7 rings (SSSR count). The van der Waals surface area contributed by atoms with Gasteiger partial charge in [-0.05, 0) is 79.8 Å². The summed E-state index contributed by atoms with van der Waals surface area (Å²) in [6.45, 7) is 10.1. The van der Waals surface area contributed by atoms with Crippen molar-refractivity contribution in [2.45, 2.75) is 117 Å². The maximum Gasteiger partial charge on any atom is 0.411 e. The maximum absolute atomic E-state index is 14.0. The molecule has 368 valence electrons. The van der Waals surface area contributed by atoms with Crippen LogP contribution < -0.4 is 21.3 Å². The number of benzene rings is 2. The normalized spacial score (nSPS) is 16.8. The number of rotatable bonds is 19. The Bertz CT molecular complexity index is 2590. The Balaban J connectivity index is 0.795. The lowest BCUT2D eigenvalue weighted by Crippen LogP contribution is -2.57. The highest BCUT2D eigenvalue weighted by molar-refractivity contribution is 7.22. The number of aliphatic hydroxyl groups excluding tert-OH is 1. The zero-order valence-electron chi connectivity index (χ0n) is 39.8. The fraction of sp³-hybridized carbons (Fsp3) is 0.480. The van der Waals surface area contributed by atoms with Gasteiger partial charge in [0.15, 0.2) is 5.13 Å². The summed E-state index contributed by atoms with van der Waals surface area (Å²) in [6.07, 6.45) is 5.60. The molecule has 1 saturated carbocycles. The van der Waals surface area contributed by atoms with E-state index in [2.05, 4.69) is 36.2 Å². The summed E-state index contributed by atoms with van der Waals surface area (Å²) < 4.78 is 17.7. The van der Waals surface area contributed by atoms with Crippen molar-refractivity contribution in [2.24, 2.45) is 5.41 Å². The number of thiazole rings is 2. The number of hydrogen-bond donors (Lipinski definition) is 5. The number of amides is 5. The van der Waals surface area contributed by atoms with E-state index in [0.29, 0.717) is 16.5 Å². The van der Waals surface area contributed by atoms with Crippen molar-refractivity contribution in [3.05, 3.63) is 77.2 Å². The molecule has 2 aliphatic rings. The zero-order valence-corrected chi connectivity index (χ0v) is 41.4. The molecule has 0 radical (unpaired) electrons. The third kappa shape index (κ3) is 14.1. The summed E-state index contributed by atoms with van der Waals surface area (Å²) >= 11 is 2.91. The number of carbonyl (C=O) groups is 5. The van der Waals surface area contributed by atoms with E-state index in [9.17, 15) is 29.1 Å². The molecular formula is C50H62N8O9S2. The number of ether oxygens (including phenoxy) is 3. The van der Waals surface area contributed by atoms with Gasteiger partial charge in [0.25, 0.3) is 0 Å². The number of fused-ring (bicyclic) bond motifs is 1. The van der Waals surface area contributed by atoms with Crippen molar-refractivity contribution < 1.29 is 43.3 Å². The van der Waals surface area contributed by atoms with Crippen LogP contribution in [0.3, 0.4) is 0 Å². The Hall–Kier alpha value is -5.86. The third-order valence-corrected chi connectivity index (χ3v) is 14.1. The van der Waals surface area contributed by atoms with Crippen LogP contribution in [-0.4, -0.2) is 112 Å². The van der Waals surface area contributed by atoms with E-state index >= 15 is 0 Å². The fourth-order valence-corrected chi connectivity index (χ4v) is 10.0. The van der Waals surface area contributed by atoms with Gasteiger partial charge >= 0.3 is 6.09 Å². The quantitative estimate of drug-likeness (QED) is 0.0507. The van der Waals surface area contributed by atoms with E-state index in [0.717, 1.165) is 68.7 Å². The van der Waals surface area contributed by atoms with E-state index in [1.807, 2.05) is 88.7 Å². The van der Waals surface area contributed by atoms with Crippen molar-refractivity contribution in [1.82, 2.24) is 30.5 Å². The lowest BCUT2D eigenvalue weighted by Gasteiger charge is -2.35. The molecule has 2 fully saturated rings. The summed E-state index contributed by atoms with van der Waals surface area (Å²) in [5.41, 5.74) is 7.69. The van der Waals surface area contributed by atoms with Crippen LogP contribution in [0.25, 0.3) is 31.8 Å². The highest BCUT2D eigenvalue weighted by atomic mass is 32.1. The van der Waals surface area contributed by atoms with Gasteiger partial charge in [0.1, 0.15) is 18.2 Å². The standard InChI is InChI=1S/C50H62N8O9S2/c1-30-39(55-49(64)67-37-9-7-6-8-10-37)23-35(27-51-30)34-15-16-38-41(24-34)69-48(54-38)57-43(61)18-20-66-22-21-65-19-17-42(60)56-45(50(3,4)5)47(63)58-28-36(59)25-40(58)46(62)52-26-32-11-13-33(14-12-32)44-31(2)53-29-68-44/h11-16,23-24,27,29,36-37,40,45,59H,6-10,17-22,25-26,28H2,1-5H3,(H,52,62)(H,55,64)(H,56,60)(H,54,57,61)/t36-,40+,45-/m1/s1. The summed E-state index contributed by atoms with van der Waals surface area (Å²) in [6, 6.07) is 13.6. The first kappa shape index (κ1) is 51.0. The molecule has 5 aromatic rings. The van der Waals surface area contributed by atoms with Crippen molar-refractivity contribution in [2.75, 3.05) is 43.6 Å². The molecular weight excluding hydrogens is 921 g/mol. The van der Waals surface area contributed by atoms with Crippen LogP contribution in [-0.2, 0) is 39.9 Å². The predicted molar refractivity (Wildman–Crippen MR) is 266 cm³/mol. The number of aromatic nitrogens is 3. The highest BCUT2D eigenvalue weighted by Gasteiger charge is 2.44. The first-order chi connectivity index (χ1) is 33.1. The molecule has 69 heavy (non-hydrogen) atoms. The van der Waals surface area contributed by atoms with Gasteiger partial charge < -0.3 is 40.2 Å². The van der Waals surface area contributed by atoms with Crippen LogP contribution in [0.5, 0.6) is 0 Å². The number of pyridine rings is 1. The van der Waals surface area contributed by atoms with Crippen molar-refractivity contribution in [1.29, 1.82) is 0 Å². The summed E-state index contributed by atoms with van der Waals surface area (Å²) in [5.74, 6) is -1.47. The Morgan fingerprint density at radius 3 is 2.25 bits per heavy atom. The van der Waals surface area contributed by atoms with Gasteiger partial charge in [0.2, 0.25) is 23.6 Å². The van der Waals surface area contributed by atoms with Crippen molar-refractivity contribution in [3.63, 3.8) is 0 Å². The smallest absolute Gasteiger partial charge is 0.411 e. The van der Waals surface area contributed by atoms with E-state index in [1.165, 1.54) is 22.7 Å². The van der Waals surface area contributed by atoms with Crippen LogP contribution in [0.2, 0.25) is 0 Å². The molecule has 19 heteroatoms. The van der Waals surface area contributed by atoms with Gasteiger partial charge in [-0.25, -0.2) is 14.8 Å². The summed E-state index contributed by atoms with van der Waals surface area (Å²) in [5, 5.41) is 22.5. The minimum absolute atomic E-state index is 0.0171. The van der Waals surface area contributed by atoms with E-state index in [1.54, 1.807) is 17.5 Å². The summed E-state index contributed by atoms with van der Waals surface area (Å²) in [4.78, 5) is 81.7. The molecule has 17 nitrogen and oxygen atoms in total. The maximum atomic E-state index is 14.0. The molecule has 5 N–H and O–H groups in total. The zero-order chi connectivity index (χ0) is 49.1. The van der Waals surface area contributed by atoms with Crippen LogP contribution in [0.4, 0.5) is 15.6 Å². The molecule has 0 unspecified atom stereocenters. The molecule has 2 aromatic carbocycles. The highest BCUT2D eigenvalue weighted by Crippen LogP contribution is 2.33. The van der Waals surface area contributed by atoms with E-state index in [4.69, 9.17) is 14.2 Å². The first-order valence-electron chi connectivity index (χ1n) is 23.5. The number of carbonyl (C=O) groups excluding carboxylic acids is 5. The van der Waals surface area contributed by atoms with Crippen LogP contribution in [0.15, 0.2) is 60.2 Å². The number of anilines is 2. The Morgan fingerprint density at radius 2 is 1.55 bits per heavy atom. The number of hydrogen-bond acceptors (Lipinski definition) is 14. The van der Waals surface area contributed by atoms with Gasteiger partial charge in [-0.3, -0.25) is 29.5 Å². The SMILES string of the molecule is Cc1ncc(-c2ccc3nc(NC(=O)CCOCCOCCC(=O)N[C@H](C(=O)N4C[C@H](O)C[C@H]4C(=O)NCc4ccc(-c5scnc5C)cc4)C(C)(C)C)sc3c2)cc1NC(=O)OC1CCCCC1. The van der Waals surface area contributed by atoms with Crippen LogP contribution in [0, 0.1) is 19.3 Å². The number of likely N-dealkylation sites (tertiary alicyclic amines) is 1. The average molecular weight is 983 g/mol. The molecule has 0 bridgehead atoms. The molecule has 3 aromatic heterocycles. The molecule has 0 spiro atoms. The van der Waals surface area contributed by atoms with Gasteiger partial charge in [0.05, 0.1) is 76.6 Å². The minimum atomic E-state index is -0.958. The van der Waals surface area contributed by atoms with Gasteiger partial charge in [-0.1, -0.05) is 68.9 Å². The van der Waals surface area contributed by atoms with Gasteiger partial charge in [-0.15, -0.1) is 11.3 Å². The second-order valence-corrected chi connectivity index (χ2v) is 20.5. The van der Waals surface area contributed by atoms with E-state index < -0.39 is 41.5 Å². The second kappa shape index (κ2) is 23.6. The third-order valence-electron chi connectivity index (χ3n) is 12.1. The average Bonchev–Trinajstić information content (AvgIpc) is 4.06. The number of β-amino-alcohol motifs (C(OH)–C–C–N with tert-alkyl or cyclic N) is 1. The van der Waals surface area contributed by atoms with Crippen LogP contribution in [0.1, 0.15) is 89.1 Å². The lowest BCUT2D eigenvalue weighted by molar-refractivity contribution is -0.144. The van der Waals surface area contributed by atoms with Crippen molar-refractivity contribution >= 4 is 73.4 Å². The number of aliphatic hydroxyl groups is 1. The fourth-order valence-electron chi connectivity index (χ4n) is 8.30. The second-order valence-electron chi connectivity index (χ2n) is 18.6. The number of aryl methyl sites for hydroxylation is 2. The van der Waals surface area contributed by atoms with Gasteiger partial charge in [0, 0.05) is 37.7 Å². The molecule has 1 saturated heterocycles. The lowest BCUT2D eigenvalue weighted by atomic mass is 9.85. The van der Waals surface area contributed by atoms with Crippen LogP contribution >= 0.6 is 22.7 Å². The number of nitrogens with zero attached hydrogens (tertiary/aromatic N) is 4. The van der Waals surface area contributed by atoms with Gasteiger partial charge in [-0.2, -0.15) is 0 Å².